The minimum absolute atomic E-state index is 0.0437. The van der Waals surface area contributed by atoms with E-state index in [-0.39, 0.29) is 5.41 Å². The lowest BCUT2D eigenvalue weighted by Gasteiger charge is -2.20. The van der Waals surface area contributed by atoms with Gasteiger partial charge in [-0.15, -0.1) is 0 Å². The Hall–Kier alpha value is -1.59. The number of hydrogen-bond acceptors (Lipinski definition) is 3. The SMILES string of the molecule is CC1(C)CCN(S(=O)(=O)c2cccc3cc(N)ccc23)C1. The molecule has 1 fully saturated rings. The van der Waals surface area contributed by atoms with Gasteiger partial charge in [-0.25, -0.2) is 8.42 Å². The van der Waals surface area contributed by atoms with Crippen LogP contribution in [0.3, 0.4) is 0 Å². The van der Waals surface area contributed by atoms with Gasteiger partial charge in [0.2, 0.25) is 10.0 Å². The standard InChI is InChI=1S/C16H20N2O2S/c1-16(2)8-9-18(11-16)21(19,20)15-5-3-4-12-10-13(17)6-7-14(12)15/h3-7,10H,8-9,11,17H2,1-2H3. The first-order valence-electron chi connectivity index (χ1n) is 7.08. The summed E-state index contributed by atoms with van der Waals surface area (Å²) in [6.07, 6.45) is 0.893. The highest BCUT2D eigenvalue weighted by Crippen LogP contribution is 2.34. The van der Waals surface area contributed by atoms with Crippen LogP contribution in [0.5, 0.6) is 0 Å². The monoisotopic (exact) mass is 304 g/mol. The molecule has 2 N–H and O–H groups in total. The van der Waals surface area contributed by atoms with E-state index < -0.39 is 10.0 Å². The van der Waals surface area contributed by atoms with E-state index in [2.05, 4.69) is 13.8 Å². The second-order valence-electron chi connectivity index (χ2n) is 6.49. The molecule has 0 amide bonds. The lowest BCUT2D eigenvalue weighted by Crippen LogP contribution is -2.30. The molecule has 2 aromatic carbocycles. The fourth-order valence-electron chi connectivity index (χ4n) is 2.90. The molecule has 0 aromatic heterocycles. The second-order valence-corrected chi connectivity index (χ2v) is 8.40. The van der Waals surface area contributed by atoms with Gasteiger partial charge in [-0.05, 0) is 35.4 Å². The quantitative estimate of drug-likeness (QED) is 0.868. The molecule has 0 radical (unpaired) electrons. The summed E-state index contributed by atoms with van der Waals surface area (Å²) in [7, 11) is -3.46. The molecule has 21 heavy (non-hydrogen) atoms. The highest BCUT2D eigenvalue weighted by molar-refractivity contribution is 7.89. The van der Waals surface area contributed by atoms with Crippen LogP contribution in [0, 0.1) is 5.41 Å². The zero-order valence-electron chi connectivity index (χ0n) is 12.3. The maximum absolute atomic E-state index is 12.9. The predicted octanol–water partition coefficient (Wildman–Crippen LogP) is 2.84. The third-order valence-electron chi connectivity index (χ3n) is 4.12. The summed E-state index contributed by atoms with van der Waals surface area (Å²) in [6, 6.07) is 10.7. The van der Waals surface area contributed by atoms with Crippen LogP contribution in [0.4, 0.5) is 5.69 Å². The number of rotatable bonds is 2. The van der Waals surface area contributed by atoms with Crippen molar-refractivity contribution in [2.24, 2.45) is 5.41 Å². The Bertz CT molecular complexity index is 797. The fourth-order valence-corrected chi connectivity index (χ4v) is 4.75. The zero-order chi connectivity index (χ0) is 15.3. The van der Waals surface area contributed by atoms with Gasteiger partial charge in [-0.3, -0.25) is 0 Å². The average Bonchev–Trinajstić information content (AvgIpc) is 2.78. The molecule has 112 valence electrons. The molecule has 0 bridgehead atoms. The highest BCUT2D eigenvalue weighted by Gasteiger charge is 2.37. The van der Waals surface area contributed by atoms with Crippen LogP contribution in [0.1, 0.15) is 20.3 Å². The third kappa shape index (κ3) is 2.51. The fraction of sp³-hybridized carbons (Fsp3) is 0.375. The van der Waals surface area contributed by atoms with Crippen LogP contribution >= 0.6 is 0 Å². The number of anilines is 1. The molecule has 5 heteroatoms. The predicted molar refractivity (Wildman–Crippen MR) is 85.5 cm³/mol. The second kappa shape index (κ2) is 4.71. The van der Waals surface area contributed by atoms with Crippen LogP contribution in [-0.4, -0.2) is 25.8 Å². The molecule has 2 aromatic rings. The maximum atomic E-state index is 12.9. The number of nitrogens with zero attached hydrogens (tertiary/aromatic N) is 1. The minimum Gasteiger partial charge on any atom is -0.399 e. The van der Waals surface area contributed by atoms with Crippen molar-refractivity contribution in [2.45, 2.75) is 25.2 Å². The van der Waals surface area contributed by atoms with E-state index in [4.69, 9.17) is 5.73 Å². The first kappa shape index (κ1) is 14.4. The summed E-state index contributed by atoms with van der Waals surface area (Å²) < 4.78 is 27.4. The molecule has 0 spiro atoms. The molecule has 0 saturated carbocycles. The lowest BCUT2D eigenvalue weighted by atomic mass is 9.93. The van der Waals surface area contributed by atoms with Crippen molar-refractivity contribution in [1.82, 2.24) is 4.31 Å². The summed E-state index contributed by atoms with van der Waals surface area (Å²) in [6.45, 7) is 5.36. The average molecular weight is 304 g/mol. The summed E-state index contributed by atoms with van der Waals surface area (Å²) in [5.74, 6) is 0. The van der Waals surface area contributed by atoms with Gasteiger partial charge >= 0.3 is 0 Å². The minimum atomic E-state index is -3.46. The molecule has 1 aliphatic rings. The van der Waals surface area contributed by atoms with E-state index >= 15 is 0 Å². The van der Waals surface area contributed by atoms with Gasteiger partial charge in [0.1, 0.15) is 0 Å². The van der Waals surface area contributed by atoms with Crippen molar-refractivity contribution in [3.05, 3.63) is 36.4 Å². The van der Waals surface area contributed by atoms with Crippen LogP contribution < -0.4 is 5.73 Å². The molecule has 1 saturated heterocycles. The van der Waals surface area contributed by atoms with Crippen molar-refractivity contribution in [1.29, 1.82) is 0 Å². The lowest BCUT2D eigenvalue weighted by molar-refractivity contribution is 0.375. The number of nitrogens with two attached hydrogens (primary N) is 1. The van der Waals surface area contributed by atoms with Crippen molar-refractivity contribution in [3.8, 4) is 0 Å². The summed E-state index contributed by atoms with van der Waals surface area (Å²) in [5, 5.41) is 1.59. The zero-order valence-corrected chi connectivity index (χ0v) is 13.2. The number of fused-ring (bicyclic) bond motifs is 1. The first-order valence-corrected chi connectivity index (χ1v) is 8.52. The topological polar surface area (TPSA) is 63.4 Å². The Morgan fingerprint density at radius 2 is 1.95 bits per heavy atom. The first-order chi connectivity index (χ1) is 9.79. The number of sulfonamides is 1. The van der Waals surface area contributed by atoms with Gasteiger partial charge in [0.05, 0.1) is 4.90 Å². The molecule has 0 unspecified atom stereocenters. The number of hydrogen-bond donors (Lipinski definition) is 1. The van der Waals surface area contributed by atoms with Gasteiger partial charge < -0.3 is 5.73 Å². The van der Waals surface area contributed by atoms with Crippen LogP contribution in [-0.2, 0) is 10.0 Å². The Labute approximate surface area is 125 Å². The van der Waals surface area contributed by atoms with E-state index in [1.54, 1.807) is 28.6 Å². The molecule has 0 aliphatic carbocycles. The molecular weight excluding hydrogens is 284 g/mol. The Morgan fingerprint density at radius 1 is 1.19 bits per heavy atom. The van der Waals surface area contributed by atoms with Crippen LogP contribution in [0.25, 0.3) is 10.8 Å². The van der Waals surface area contributed by atoms with E-state index in [1.807, 2.05) is 12.1 Å². The van der Waals surface area contributed by atoms with Gasteiger partial charge in [0.15, 0.2) is 0 Å². The Kier molecular flexibility index (Phi) is 3.22. The molecular formula is C16H20N2O2S. The van der Waals surface area contributed by atoms with Crippen molar-refractivity contribution < 1.29 is 8.42 Å². The van der Waals surface area contributed by atoms with E-state index in [1.165, 1.54) is 0 Å². The molecule has 0 atom stereocenters. The summed E-state index contributed by atoms with van der Waals surface area (Å²) in [5.41, 5.74) is 6.46. The summed E-state index contributed by atoms with van der Waals surface area (Å²) in [4.78, 5) is 0.373. The molecule has 1 heterocycles. The van der Waals surface area contributed by atoms with Gasteiger partial charge in [-0.2, -0.15) is 4.31 Å². The van der Waals surface area contributed by atoms with Gasteiger partial charge in [0, 0.05) is 24.2 Å². The van der Waals surface area contributed by atoms with Gasteiger partial charge in [0.25, 0.3) is 0 Å². The molecule has 3 rings (SSSR count). The van der Waals surface area contributed by atoms with Crippen molar-refractivity contribution in [3.63, 3.8) is 0 Å². The molecule has 1 aliphatic heterocycles. The number of nitrogen functional groups attached to an aromatic ring is 1. The normalized spacial score (nSPS) is 19.1. The highest BCUT2D eigenvalue weighted by atomic mass is 32.2. The number of benzene rings is 2. The van der Waals surface area contributed by atoms with Crippen molar-refractivity contribution in [2.75, 3.05) is 18.8 Å². The Balaban J connectivity index is 2.12. The largest absolute Gasteiger partial charge is 0.399 e. The van der Waals surface area contributed by atoms with E-state index in [9.17, 15) is 8.42 Å². The van der Waals surface area contributed by atoms with Crippen molar-refractivity contribution >= 4 is 26.5 Å². The maximum Gasteiger partial charge on any atom is 0.243 e. The van der Waals surface area contributed by atoms with E-state index in [0.717, 1.165) is 17.2 Å². The summed E-state index contributed by atoms with van der Waals surface area (Å²) >= 11 is 0. The van der Waals surface area contributed by atoms with Gasteiger partial charge in [-0.1, -0.05) is 32.0 Å². The Morgan fingerprint density at radius 3 is 2.62 bits per heavy atom. The third-order valence-corrected chi connectivity index (χ3v) is 6.03. The van der Waals surface area contributed by atoms with Crippen LogP contribution in [0.15, 0.2) is 41.3 Å². The molecule has 4 nitrogen and oxygen atoms in total. The van der Waals surface area contributed by atoms with Crippen LogP contribution in [0.2, 0.25) is 0 Å². The smallest absolute Gasteiger partial charge is 0.243 e. The van der Waals surface area contributed by atoms with E-state index in [0.29, 0.717) is 23.7 Å².